The smallest absolute Gasteiger partial charge is 0.337 e. The number of hydrogen-bond donors (Lipinski definition) is 3. The molecule has 7 nitrogen and oxygen atoms in total. The lowest BCUT2D eigenvalue weighted by atomic mass is 10.2. The van der Waals surface area contributed by atoms with Gasteiger partial charge in [0.15, 0.2) is 11.6 Å². The van der Waals surface area contributed by atoms with Crippen LogP contribution in [0.15, 0.2) is 48.8 Å². The number of hydrogen-bond acceptors (Lipinski definition) is 7. The zero-order valence-electron chi connectivity index (χ0n) is 14.8. The Morgan fingerprint density at radius 1 is 1.04 bits per heavy atom. The Kier molecular flexibility index (Phi) is 5.42. The van der Waals surface area contributed by atoms with Crippen molar-refractivity contribution in [2.24, 2.45) is 0 Å². The Balaban J connectivity index is 1.80. The second-order valence-corrected chi connectivity index (χ2v) is 6.17. The van der Waals surface area contributed by atoms with Crippen LogP contribution >= 0.6 is 11.6 Å². The van der Waals surface area contributed by atoms with Crippen LogP contribution in [0.4, 0.5) is 28.7 Å². The first-order valence-electron chi connectivity index (χ1n) is 8.07. The maximum atomic E-state index is 11.5. The first kappa shape index (κ1) is 18.5. The van der Waals surface area contributed by atoms with Crippen molar-refractivity contribution in [3.05, 3.63) is 64.9 Å². The molecule has 0 fully saturated rings. The fourth-order valence-electron chi connectivity index (χ4n) is 2.35. The molecule has 1 heterocycles. The van der Waals surface area contributed by atoms with Crippen molar-refractivity contribution in [2.45, 2.75) is 6.92 Å². The summed E-state index contributed by atoms with van der Waals surface area (Å²) in [6.45, 7) is 1.93. The molecule has 0 radical (unpaired) electrons. The molecule has 0 atom stereocenters. The van der Waals surface area contributed by atoms with E-state index in [1.165, 1.54) is 13.4 Å². The van der Waals surface area contributed by atoms with Gasteiger partial charge in [-0.3, -0.25) is 0 Å². The van der Waals surface area contributed by atoms with E-state index in [9.17, 15) is 4.79 Å². The molecule has 0 aliphatic rings. The fraction of sp³-hybridized carbons (Fsp3) is 0.105. The number of aromatic nitrogens is 2. The maximum absolute atomic E-state index is 11.5. The monoisotopic (exact) mass is 383 g/mol. The van der Waals surface area contributed by atoms with Gasteiger partial charge in [-0.25, -0.2) is 14.8 Å². The Bertz CT molecular complexity index is 976. The number of benzene rings is 2. The quantitative estimate of drug-likeness (QED) is 0.564. The summed E-state index contributed by atoms with van der Waals surface area (Å²) in [4.78, 5) is 19.9. The van der Waals surface area contributed by atoms with Gasteiger partial charge in [0.25, 0.3) is 0 Å². The minimum Gasteiger partial charge on any atom is -0.465 e. The third kappa shape index (κ3) is 4.27. The average Bonchev–Trinajstić information content (AvgIpc) is 2.68. The Hall–Kier alpha value is -3.32. The number of methoxy groups -OCH3 is 1. The molecule has 0 saturated carbocycles. The van der Waals surface area contributed by atoms with E-state index in [4.69, 9.17) is 17.3 Å². The number of nitrogens with two attached hydrogens (primary N) is 1. The minimum absolute atomic E-state index is 0.353. The van der Waals surface area contributed by atoms with Gasteiger partial charge in [-0.05, 0) is 48.9 Å². The summed E-state index contributed by atoms with van der Waals surface area (Å²) in [5.74, 6) is 0.501. The third-order valence-corrected chi connectivity index (χ3v) is 4.29. The number of carbonyl (C=O) groups is 1. The minimum atomic E-state index is -0.397. The molecule has 0 bridgehead atoms. The van der Waals surface area contributed by atoms with Crippen LogP contribution in [0.2, 0.25) is 5.02 Å². The van der Waals surface area contributed by atoms with E-state index in [1.807, 2.05) is 19.1 Å². The second-order valence-electron chi connectivity index (χ2n) is 5.77. The van der Waals surface area contributed by atoms with Crippen molar-refractivity contribution < 1.29 is 9.53 Å². The number of ether oxygens (including phenoxy) is 1. The summed E-state index contributed by atoms with van der Waals surface area (Å²) in [6, 6.07) is 12.4. The summed E-state index contributed by atoms with van der Waals surface area (Å²) in [5.41, 5.74) is 9.47. The first-order chi connectivity index (χ1) is 13.0. The molecule has 0 spiro atoms. The number of nitrogens with one attached hydrogen (secondary N) is 2. The predicted octanol–water partition coefficient (Wildman–Crippen LogP) is 4.29. The van der Waals surface area contributed by atoms with E-state index >= 15 is 0 Å². The molecule has 2 aromatic carbocycles. The van der Waals surface area contributed by atoms with Crippen LogP contribution in [0, 0.1) is 6.92 Å². The molecular weight excluding hydrogens is 366 g/mol. The van der Waals surface area contributed by atoms with Crippen molar-refractivity contribution >= 4 is 46.3 Å². The van der Waals surface area contributed by atoms with E-state index in [0.717, 1.165) is 16.9 Å². The highest BCUT2D eigenvalue weighted by Gasteiger charge is 2.10. The van der Waals surface area contributed by atoms with Crippen LogP contribution < -0.4 is 16.4 Å². The van der Waals surface area contributed by atoms with Crippen molar-refractivity contribution in [2.75, 3.05) is 23.5 Å². The second kappa shape index (κ2) is 7.92. The van der Waals surface area contributed by atoms with Gasteiger partial charge in [-0.2, -0.15) is 0 Å². The van der Waals surface area contributed by atoms with Gasteiger partial charge in [0.1, 0.15) is 12.0 Å². The molecule has 8 heteroatoms. The number of aryl methyl sites for hydroxylation is 1. The molecule has 3 aromatic rings. The van der Waals surface area contributed by atoms with Crippen molar-refractivity contribution in [1.82, 2.24) is 9.97 Å². The number of anilines is 5. The van der Waals surface area contributed by atoms with E-state index in [2.05, 4.69) is 25.3 Å². The maximum Gasteiger partial charge on any atom is 0.337 e. The molecule has 0 saturated heterocycles. The predicted molar refractivity (Wildman–Crippen MR) is 107 cm³/mol. The zero-order chi connectivity index (χ0) is 19.4. The van der Waals surface area contributed by atoms with Crippen LogP contribution in [0.25, 0.3) is 0 Å². The summed E-state index contributed by atoms with van der Waals surface area (Å²) >= 11 is 6.15. The van der Waals surface area contributed by atoms with Crippen LogP contribution in [0.1, 0.15) is 15.9 Å². The zero-order valence-corrected chi connectivity index (χ0v) is 15.5. The Labute approximate surface area is 161 Å². The van der Waals surface area contributed by atoms with Gasteiger partial charge >= 0.3 is 5.97 Å². The van der Waals surface area contributed by atoms with Crippen molar-refractivity contribution in [3.8, 4) is 0 Å². The molecule has 3 rings (SSSR count). The standard InChI is InChI=1S/C19H18ClN5O2/c1-11-3-6-14(9-15(11)20)25-18-16(21)17(22-10-23-18)24-13-7-4-12(5-8-13)19(26)27-2/h3-10H,21H2,1-2H3,(H2,22,23,24,25). The van der Waals surface area contributed by atoms with Crippen LogP contribution in [-0.4, -0.2) is 23.0 Å². The number of halogens is 1. The number of carbonyl (C=O) groups excluding carboxylic acids is 1. The van der Waals surface area contributed by atoms with Crippen molar-refractivity contribution in [3.63, 3.8) is 0 Å². The van der Waals surface area contributed by atoms with Crippen molar-refractivity contribution in [1.29, 1.82) is 0 Å². The number of nitrogens with zero attached hydrogens (tertiary/aromatic N) is 2. The highest BCUT2D eigenvalue weighted by molar-refractivity contribution is 6.31. The van der Waals surface area contributed by atoms with Gasteiger partial charge in [0.05, 0.1) is 12.7 Å². The first-order valence-corrected chi connectivity index (χ1v) is 8.45. The van der Waals surface area contributed by atoms with Gasteiger partial charge in [-0.15, -0.1) is 0 Å². The normalized spacial score (nSPS) is 10.3. The fourth-order valence-corrected chi connectivity index (χ4v) is 2.53. The van der Waals surface area contributed by atoms with Crippen LogP contribution in [0.3, 0.4) is 0 Å². The molecule has 4 N–H and O–H groups in total. The largest absolute Gasteiger partial charge is 0.465 e. The molecule has 138 valence electrons. The highest BCUT2D eigenvalue weighted by Crippen LogP contribution is 2.29. The molecule has 0 aliphatic carbocycles. The topological polar surface area (TPSA) is 102 Å². The summed E-state index contributed by atoms with van der Waals surface area (Å²) in [6.07, 6.45) is 1.40. The van der Waals surface area contributed by atoms with E-state index < -0.39 is 5.97 Å². The Morgan fingerprint density at radius 2 is 1.63 bits per heavy atom. The SMILES string of the molecule is COC(=O)c1ccc(Nc2ncnc(Nc3ccc(C)c(Cl)c3)c2N)cc1. The summed E-state index contributed by atoms with van der Waals surface area (Å²) in [5, 5.41) is 6.89. The summed E-state index contributed by atoms with van der Waals surface area (Å²) < 4.78 is 4.68. The van der Waals surface area contributed by atoms with Gasteiger partial charge in [0, 0.05) is 16.4 Å². The lowest BCUT2D eigenvalue weighted by Gasteiger charge is -2.13. The average molecular weight is 384 g/mol. The lowest BCUT2D eigenvalue weighted by Crippen LogP contribution is -2.05. The third-order valence-electron chi connectivity index (χ3n) is 3.89. The summed E-state index contributed by atoms with van der Waals surface area (Å²) in [7, 11) is 1.34. The molecule has 0 unspecified atom stereocenters. The van der Waals surface area contributed by atoms with Gasteiger partial charge < -0.3 is 21.1 Å². The highest BCUT2D eigenvalue weighted by atomic mass is 35.5. The number of esters is 1. The van der Waals surface area contributed by atoms with E-state index in [1.54, 1.807) is 30.3 Å². The molecule has 0 amide bonds. The van der Waals surface area contributed by atoms with E-state index in [-0.39, 0.29) is 0 Å². The Morgan fingerprint density at radius 3 is 2.22 bits per heavy atom. The van der Waals surface area contributed by atoms with E-state index in [0.29, 0.717) is 27.9 Å². The molecule has 27 heavy (non-hydrogen) atoms. The number of nitrogen functional groups attached to an aromatic ring is 1. The number of rotatable bonds is 5. The molecule has 1 aromatic heterocycles. The van der Waals surface area contributed by atoms with Gasteiger partial charge in [0.2, 0.25) is 0 Å². The van der Waals surface area contributed by atoms with Gasteiger partial charge in [-0.1, -0.05) is 17.7 Å². The van der Waals surface area contributed by atoms with Crippen LogP contribution in [0.5, 0.6) is 0 Å². The lowest BCUT2D eigenvalue weighted by molar-refractivity contribution is 0.0601. The molecule has 0 aliphatic heterocycles. The molecular formula is C19H18ClN5O2. The van der Waals surface area contributed by atoms with Crippen LogP contribution in [-0.2, 0) is 4.74 Å².